The molecule has 1 aromatic rings. The molecule has 1 saturated heterocycles. The molecule has 0 aliphatic carbocycles. The van der Waals surface area contributed by atoms with Crippen molar-refractivity contribution in [3.05, 3.63) is 33.1 Å². The van der Waals surface area contributed by atoms with Gasteiger partial charge in [-0.1, -0.05) is 0 Å². The molecule has 0 bridgehead atoms. The molecule has 0 amide bonds. The summed E-state index contributed by atoms with van der Waals surface area (Å²) in [5.41, 5.74) is -1.29. The lowest BCUT2D eigenvalue weighted by Gasteiger charge is -2.16. The Morgan fingerprint density at radius 3 is 2.67 bits per heavy atom. The van der Waals surface area contributed by atoms with Crippen LogP contribution >= 0.6 is 0 Å². The first kappa shape index (κ1) is 13.0. The summed E-state index contributed by atoms with van der Waals surface area (Å²) in [5, 5.41) is 28.3. The molecule has 100 valence electrons. The second-order valence-corrected chi connectivity index (χ2v) is 4.08. The van der Waals surface area contributed by atoms with Crippen LogP contribution in [0.5, 0.6) is 0 Å². The number of nitrogens with one attached hydrogen (secondary N) is 1. The van der Waals surface area contributed by atoms with Crippen molar-refractivity contribution in [2.45, 2.75) is 31.0 Å². The standard InChI is InChI=1S/C10H14N2O6/c13-4-2-5-7(15)8(16)9(18-5)12-3-1-6(14)11-10(12)17/h1,3,5,7-9,13,15-16H,2,4H2,(H,11,14,17). The number of aromatic amines is 1. The van der Waals surface area contributed by atoms with Crippen molar-refractivity contribution in [1.29, 1.82) is 0 Å². The first-order valence-electron chi connectivity index (χ1n) is 5.48. The van der Waals surface area contributed by atoms with Crippen LogP contribution in [0.1, 0.15) is 12.6 Å². The van der Waals surface area contributed by atoms with Gasteiger partial charge in [-0.3, -0.25) is 14.3 Å². The molecule has 2 heterocycles. The third-order valence-electron chi connectivity index (χ3n) is 2.88. The normalized spacial score (nSPS) is 31.7. The third-order valence-corrected chi connectivity index (χ3v) is 2.88. The number of rotatable bonds is 3. The SMILES string of the molecule is O=c1ccn(C2OC(CCO)C(O)C2O)c(=O)[nH]1. The van der Waals surface area contributed by atoms with Crippen LogP contribution in [-0.4, -0.2) is 49.8 Å². The van der Waals surface area contributed by atoms with E-state index in [0.29, 0.717) is 0 Å². The molecular formula is C10H14N2O6. The molecule has 4 unspecified atom stereocenters. The Morgan fingerprint density at radius 2 is 2.06 bits per heavy atom. The Morgan fingerprint density at radius 1 is 1.33 bits per heavy atom. The summed E-state index contributed by atoms with van der Waals surface area (Å²) in [6.07, 6.45) is -3.00. The fourth-order valence-electron chi connectivity index (χ4n) is 1.95. The first-order chi connectivity index (χ1) is 8.54. The monoisotopic (exact) mass is 258 g/mol. The van der Waals surface area contributed by atoms with Gasteiger partial charge in [0.15, 0.2) is 6.23 Å². The number of aliphatic hydroxyl groups is 3. The smallest absolute Gasteiger partial charge is 0.330 e. The van der Waals surface area contributed by atoms with E-state index in [-0.39, 0.29) is 13.0 Å². The molecule has 4 N–H and O–H groups in total. The van der Waals surface area contributed by atoms with Crippen molar-refractivity contribution in [2.24, 2.45) is 0 Å². The van der Waals surface area contributed by atoms with Crippen molar-refractivity contribution >= 4 is 0 Å². The summed E-state index contributed by atoms with van der Waals surface area (Å²) < 4.78 is 6.31. The predicted molar refractivity (Wildman–Crippen MR) is 58.9 cm³/mol. The Bertz CT molecular complexity index is 524. The Hall–Kier alpha value is -1.48. The summed E-state index contributed by atoms with van der Waals surface area (Å²) in [4.78, 5) is 24.5. The highest BCUT2D eigenvalue weighted by Crippen LogP contribution is 2.29. The third kappa shape index (κ3) is 2.23. The van der Waals surface area contributed by atoms with Gasteiger partial charge in [0, 0.05) is 18.9 Å². The molecule has 8 heteroatoms. The van der Waals surface area contributed by atoms with E-state index >= 15 is 0 Å². The highest BCUT2D eigenvalue weighted by Gasteiger charge is 2.43. The van der Waals surface area contributed by atoms with Crippen LogP contribution in [0.3, 0.4) is 0 Å². The summed E-state index contributed by atoms with van der Waals surface area (Å²) in [6.45, 7) is -0.207. The van der Waals surface area contributed by atoms with Gasteiger partial charge in [0.05, 0.1) is 6.10 Å². The number of aromatic nitrogens is 2. The van der Waals surface area contributed by atoms with Crippen LogP contribution in [0.2, 0.25) is 0 Å². The Labute approximate surface area is 101 Å². The number of hydrogen-bond donors (Lipinski definition) is 4. The van der Waals surface area contributed by atoms with Crippen LogP contribution in [-0.2, 0) is 4.74 Å². The van der Waals surface area contributed by atoms with Gasteiger partial charge in [-0.15, -0.1) is 0 Å². The molecule has 8 nitrogen and oxygen atoms in total. The number of aliphatic hydroxyl groups excluding tert-OH is 3. The minimum absolute atomic E-state index is 0.146. The molecule has 1 aliphatic heterocycles. The fraction of sp³-hybridized carbons (Fsp3) is 0.600. The highest BCUT2D eigenvalue weighted by molar-refractivity contribution is 4.92. The zero-order chi connectivity index (χ0) is 13.3. The maximum Gasteiger partial charge on any atom is 0.330 e. The first-order valence-corrected chi connectivity index (χ1v) is 5.48. The molecular weight excluding hydrogens is 244 g/mol. The Balaban J connectivity index is 2.29. The lowest BCUT2D eigenvalue weighted by molar-refractivity contribution is -0.0451. The van der Waals surface area contributed by atoms with E-state index < -0.39 is 35.8 Å². The van der Waals surface area contributed by atoms with Crippen LogP contribution < -0.4 is 11.2 Å². The van der Waals surface area contributed by atoms with Crippen molar-refractivity contribution in [1.82, 2.24) is 9.55 Å². The van der Waals surface area contributed by atoms with E-state index in [0.717, 1.165) is 10.6 Å². The summed E-state index contributed by atoms with van der Waals surface area (Å²) in [7, 11) is 0. The summed E-state index contributed by atoms with van der Waals surface area (Å²) in [5.74, 6) is 0. The number of ether oxygens (including phenoxy) is 1. The maximum absolute atomic E-state index is 11.5. The van der Waals surface area contributed by atoms with Crippen molar-refractivity contribution in [3.8, 4) is 0 Å². The Kier molecular flexibility index (Phi) is 3.62. The van der Waals surface area contributed by atoms with E-state index in [1.165, 1.54) is 6.20 Å². The van der Waals surface area contributed by atoms with E-state index in [2.05, 4.69) is 0 Å². The van der Waals surface area contributed by atoms with E-state index in [1.54, 1.807) is 0 Å². The predicted octanol–water partition coefficient (Wildman–Crippen LogP) is -2.46. The van der Waals surface area contributed by atoms with Gasteiger partial charge in [-0.05, 0) is 6.42 Å². The minimum Gasteiger partial charge on any atom is -0.396 e. The molecule has 1 aromatic heterocycles. The number of nitrogens with zero attached hydrogens (tertiary/aromatic N) is 1. The summed E-state index contributed by atoms with van der Waals surface area (Å²) >= 11 is 0. The lowest BCUT2D eigenvalue weighted by atomic mass is 10.1. The molecule has 18 heavy (non-hydrogen) atoms. The second kappa shape index (κ2) is 5.02. The lowest BCUT2D eigenvalue weighted by Crippen LogP contribution is -2.37. The molecule has 0 radical (unpaired) electrons. The number of H-pyrrole nitrogens is 1. The second-order valence-electron chi connectivity index (χ2n) is 4.08. The average molecular weight is 258 g/mol. The number of hydrogen-bond acceptors (Lipinski definition) is 6. The largest absolute Gasteiger partial charge is 0.396 e. The summed E-state index contributed by atoms with van der Waals surface area (Å²) in [6, 6.07) is 1.11. The molecule has 0 saturated carbocycles. The topological polar surface area (TPSA) is 125 Å². The van der Waals surface area contributed by atoms with Gasteiger partial charge in [0.1, 0.15) is 12.2 Å². The van der Waals surface area contributed by atoms with Crippen LogP contribution in [0.25, 0.3) is 0 Å². The molecule has 1 fully saturated rings. The van der Waals surface area contributed by atoms with Gasteiger partial charge in [0.2, 0.25) is 0 Å². The van der Waals surface area contributed by atoms with Crippen LogP contribution in [0.15, 0.2) is 21.9 Å². The maximum atomic E-state index is 11.5. The molecule has 0 aromatic carbocycles. The molecule has 1 aliphatic rings. The van der Waals surface area contributed by atoms with Crippen LogP contribution in [0, 0.1) is 0 Å². The van der Waals surface area contributed by atoms with Crippen molar-refractivity contribution < 1.29 is 20.1 Å². The fourth-order valence-corrected chi connectivity index (χ4v) is 1.95. The molecule has 4 atom stereocenters. The molecule has 2 rings (SSSR count). The average Bonchev–Trinajstić information content (AvgIpc) is 2.58. The van der Waals surface area contributed by atoms with Gasteiger partial charge >= 0.3 is 5.69 Å². The van der Waals surface area contributed by atoms with Gasteiger partial charge < -0.3 is 20.1 Å². The van der Waals surface area contributed by atoms with E-state index in [4.69, 9.17) is 9.84 Å². The van der Waals surface area contributed by atoms with Gasteiger partial charge in [-0.25, -0.2) is 4.79 Å². The van der Waals surface area contributed by atoms with E-state index in [9.17, 15) is 19.8 Å². The minimum atomic E-state index is -1.30. The van der Waals surface area contributed by atoms with Gasteiger partial charge in [0.25, 0.3) is 5.56 Å². The molecule has 0 spiro atoms. The van der Waals surface area contributed by atoms with Crippen LogP contribution in [0.4, 0.5) is 0 Å². The quantitative estimate of drug-likeness (QED) is 0.476. The van der Waals surface area contributed by atoms with Crippen molar-refractivity contribution in [2.75, 3.05) is 6.61 Å². The van der Waals surface area contributed by atoms with E-state index in [1.807, 2.05) is 4.98 Å². The van der Waals surface area contributed by atoms with Crippen molar-refractivity contribution in [3.63, 3.8) is 0 Å². The van der Waals surface area contributed by atoms with Gasteiger partial charge in [-0.2, -0.15) is 0 Å². The highest BCUT2D eigenvalue weighted by atomic mass is 16.6. The zero-order valence-electron chi connectivity index (χ0n) is 9.39. The zero-order valence-corrected chi connectivity index (χ0v) is 9.39.